The Kier molecular flexibility index (Phi) is 23.4. The van der Waals surface area contributed by atoms with Crippen LogP contribution in [-0.2, 0) is 73.6 Å². The predicted octanol–water partition coefficient (Wildman–Crippen LogP) is -2.27. The van der Waals surface area contributed by atoms with Gasteiger partial charge in [-0.1, -0.05) is 103 Å². The first-order valence-electron chi connectivity index (χ1n) is 25.6. The molecule has 1 fully saturated rings. The van der Waals surface area contributed by atoms with Gasteiger partial charge in [0.1, 0.15) is 42.0 Å². The summed E-state index contributed by atoms with van der Waals surface area (Å²) in [6.07, 6.45) is -1.90. The number of nitrogens with two attached hydrogens (primary N) is 2. The minimum atomic E-state index is -1.70. The molecule has 24 heteroatoms. The Morgan fingerprint density at radius 2 is 1.08 bits per heavy atom. The molecule has 9 atom stereocenters. The lowest BCUT2D eigenvalue weighted by atomic mass is 10.0. The first-order chi connectivity index (χ1) is 37.7. The molecule has 1 aliphatic rings. The van der Waals surface area contributed by atoms with Gasteiger partial charge in [0.25, 0.3) is 0 Å². The first kappa shape index (κ1) is 61.1. The smallest absolute Gasteiger partial charge is 0.328 e. The van der Waals surface area contributed by atoms with E-state index in [-0.39, 0.29) is 57.2 Å². The average molecular weight is 1090 g/mol. The quantitative estimate of drug-likeness (QED) is 0.0273. The monoisotopic (exact) mass is 1090 g/mol. The topological polar surface area (TPSA) is 391 Å². The molecule has 9 amide bonds. The zero-order chi connectivity index (χ0) is 57.6. The second-order valence-electron chi connectivity index (χ2n) is 19.1. The molecule has 1 heterocycles. The number of hydrogen-bond donors (Lipinski definition) is 13. The van der Waals surface area contributed by atoms with Crippen molar-refractivity contribution in [2.45, 2.75) is 113 Å². The maximum absolute atomic E-state index is 14.5. The Labute approximate surface area is 455 Å². The number of nitrogens with zero attached hydrogens (tertiary/aromatic N) is 1. The molecule has 1 aliphatic heterocycles. The van der Waals surface area contributed by atoms with E-state index in [0.29, 0.717) is 23.1 Å². The van der Waals surface area contributed by atoms with Gasteiger partial charge in [0.05, 0.1) is 25.3 Å². The standard InChI is InChI=1S/C55H68N10O14/c1-32(67)47(55(78)79)64-52(75)41(28-35-16-9-4-10-17-35)62-53(76)44-18-11-25-65(44)54(77)42(29-36-19-21-37(68)22-20-36)59-46(70)30-58-49(72)43(31-66)63-51(74)40(27-34-14-7-3-8-15-34)61-50(73)39(23-24-45(57)69)60-48(71)38(56)26-33-12-5-2-6-13-33/h2-10,12-17,19-22,32,38-44,47,66-68H,11,18,23-31,56H2,1H3,(H2,57,69)(H,58,72)(H,59,70)(H,60,71)(H,61,73)(H,62,76)(H,63,74)(H,64,75)(H,78,79)/t32-,38+,39+,40+,41+,42+,43+,44+,47+/m1/s1. The maximum Gasteiger partial charge on any atom is 0.328 e. The van der Waals surface area contributed by atoms with Crippen LogP contribution in [0.2, 0.25) is 0 Å². The van der Waals surface area contributed by atoms with Crippen LogP contribution in [0.5, 0.6) is 5.75 Å². The van der Waals surface area contributed by atoms with E-state index in [1.807, 2.05) is 0 Å². The number of phenols is 1. The molecule has 4 aromatic carbocycles. The van der Waals surface area contributed by atoms with Crippen LogP contribution in [0.15, 0.2) is 115 Å². The molecule has 0 aromatic heterocycles. The Morgan fingerprint density at radius 1 is 0.595 bits per heavy atom. The zero-order valence-electron chi connectivity index (χ0n) is 43.4. The van der Waals surface area contributed by atoms with E-state index in [1.54, 1.807) is 91.0 Å². The summed E-state index contributed by atoms with van der Waals surface area (Å²) in [7, 11) is 0. The lowest BCUT2D eigenvalue weighted by molar-refractivity contribution is -0.145. The molecular formula is C55H68N10O14. The number of carboxylic acids is 1. The van der Waals surface area contributed by atoms with Crippen LogP contribution in [0.4, 0.5) is 0 Å². The van der Waals surface area contributed by atoms with Gasteiger partial charge in [-0.25, -0.2) is 4.79 Å². The second kappa shape index (κ2) is 30.3. The fourth-order valence-corrected chi connectivity index (χ4v) is 8.67. The van der Waals surface area contributed by atoms with Crippen LogP contribution in [0.3, 0.4) is 0 Å². The SMILES string of the molecule is C[C@@H](O)[C@H](NC(=O)[C@H](Cc1ccccc1)NC(=O)[C@@H]1CCCN1C(=O)[C@H](Cc1ccc(O)cc1)NC(=O)CNC(=O)[C@H](CO)NC(=O)[C@H](Cc1ccccc1)NC(=O)[C@H](CCC(N)=O)NC(=O)[C@@H](N)Cc1ccccc1)C(=O)O. The minimum Gasteiger partial charge on any atom is -0.508 e. The minimum absolute atomic E-state index is 0.0451. The number of nitrogens with one attached hydrogen (secondary N) is 7. The van der Waals surface area contributed by atoms with Crippen molar-refractivity contribution in [3.8, 4) is 5.75 Å². The third-order valence-corrected chi connectivity index (χ3v) is 12.9. The third kappa shape index (κ3) is 19.3. The number of primary amides is 1. The van der Waals surface area contributed by atoms with Gasteiger partial charge in [-0.05, 0) is 67.0 Å². The van der Waals surface area contributed by atoms with Gasteiger partial charge >= 0.3 is 5.97 Å². The van der Waals surface area contributed by atoms with Crippen molar-refractivity contribution in [3.63, 3.8) is 0 Å². The highest BCUT2D eigenvalue weighted by Crippen LogP contribution is 2.21. The molecule has 0 radical (unpaired) electrons. The third-order valence-electron chi connectivity index (χ3n) is 12.9. The molecule has 15 N–H and O–H groups in total. The average Bonchev–Trinajstić information content (AvgIpc) is 4.00. The van der Waals surface area contributed by atoms with Gasteiger partial charge in [-0.3, -0.25) is 43.2 Å². The van der Waals surface area contributed by atoms with Crippen LogP contribution < -0.4 is 48.7 Å². The van der Waals surface area contributed by atoms with Crippen molar-refractivity contribution in [2.75, 3.05) is 19.7 Å². The van der Waals surface area contributed by atoms with E-state index in [4.69, 9.17) is 11.5 Å². The Balaban J connectivity index is 1.27. The molecule has 0 saturated carbocycles. The van der Waals surface area contributed by atoms with Gasteiger partial charge in [0.15, 0.2) is 6.04 Å². The summed E-state index contributed by atoms with van der Waals surface area (Å²) in [6, 6.07) is 20.3. The maximum atomic E-state index is 14.5. The summed E-state index contributed by atoms with van der Waals surface area (Å²) in [5.41, 5.74) is 13.9. The highest BCUT2D eigenvalue weighted by atomic mass is 16.4. The number of phenolic OH excluding ortho intramolecular Hbond substituents is 1. The van der Waals surface area contributed by atoms with Crippen LogP contribution in [0.1, 0.15) is 54.9 Å². The number of benzene rings is 4. The number of aromatic hydroxyl groups is 1. The predicted molar refractivity (Wildman–Crippen MR) is 284 cm³/mol. The summed E-state index contributed by atoms with van der Waals surface area (Å²) in [4.78, 5) is 135. The van der Waals surface area contributed by atoms with E-state index >= 15 is 0 Å². The Bertz CT molecular complexity index is 2740. The van der Waals surface area contributed by atoms with Gasteiger partial charge in [-0.2, -0.15) is 0 Å². The Morgan fingerprint density at radius 3 is 1.61 bits per heavy atom. The van der Waals surface area contributed by atoms with Crippen molar-refractivity contribution >= 4 is 59.1 Å². The van der Waals surface area contributed by atoms with E-state index in [9.17, 15) is 68.4 Å². The number of carboxylic acid groups (broad SMARTS) is 1. The van der Waals surface area contributed by atoms with Gasteiger partial charge in [0.2, 0.25) is 53.2 Å². The number of hydrogen-bond acceptors (Lipinski definition) is 14. The molecule has 79 heavy (non-hydrogen) atoms. The number of amides is 9. The summed E-state index contributed by atoms with van der Waals surface area (Å²) in [6.45, 7) is -0.564. The lowest BCUT2D eigenvalue weighted by Gasteiger charge is -2.30. The van der Waals surface area contributed by atoms with Crippen molar-refractivity contribution in [1.82, 2.24) is 42.1 Å². The van der Waals surface area contributed by atoms with Gasteiger partial charge < -0.3 is 74.0 Å². The second-order valence-corrected chi connectivity index (χ2v) is 19.1. The van der Waals surface area contributed by atoms with Gasteiger partial charge in [0, 0.05) is 32.2 Å². The van der Waals surface area contributed by atoms with Crippen LogP contribution >= 0.6 is 0 Å². The summed E-state index contributed by atoms with van der Waals surface area (Å²) in [5.74, 6) is -9.31. The largest absolute Gasteiger partial charge is 0.508 e. The first-order valence-corrected chi connectivity index (χ1v) is 25.6. The number of likely N-dealkylation sites (tertiary alicyclic amines) is 1. The molecule has 0 unspecified atom stereocenters. The number of rotatable bonds is 29. The van der Waals surface area contributed by atoms with Crippen LogP contribution in [-0.4, -0.2) is 159 Å². The summed E-state index contributed by atoms with van der Waals surface area (Å²) < 4.78 is 0. The normalized spacial score (nSPS) is 15.9. The fraction of sp³-hybridized carbons (Fsp3) is 0.382. The van der Waals surface area contributed by atoms with Crippen LogP contribution in [0.25, 0.3) is 0 Å². The molecule has 0 bridgehead atoms. The number of carbonyl (C=O) groups excluding carboxylic acids is 9. The molecule has 422 valence electrons. The molecule has 24 nitrogen and oxygen atoms in total. The number of aliphatic hydroxyl groups excluding tert-OH is 2. The molecule has 0 spiro atoms. The lowest BCUT2D eigenvalue weighted by Crippen LogP contribution is -2.60. The van der Waals surface area contributed by atoms with E-state index in [2.05, 4.69) is 37.2 Å². The molecule has 4 aromatic rings. The van der Waals surface area contributed by atoms with E-state index in [0.717, 1.165) is 5.56 Å². The van der Waals surface area contributed by atoms with Crippen LogP contribution in [0, 0.1) is 0 Å². The number of carbonyl (C=O) groups is 10. The molecular weight excluding hydrogens is 1020 g/mol. The van der Waals surface area contributed by atoms with Crippen molar-refractivity contribution in [1.29, 1.82) is 0 Å². The molecule has 0 aliphatic carbocycles. The summed E-state index contributed by atoms with van der Waals surface area (Å²) in [5, 5.41) is 57.3. The summed E-state index contributed by atoms with van der Waals surface area (Å²) >= 11 is 0. The molecule has 1 saturated heterocycles. The molecule has 5 rings (SSSR count). The highest BCUT2D eigenvalue weighted by molar-refractivity contribution is 5.98. The van der Waals surface area contributed by atoms with Crippen molar-refractivity contribution < 1.29 is 68.4 Å². The highest BCUT2D eigenvalue weighted by Gasteiger charge is 2.40. The van der Waals surface area contributed by atoms with E-state index in [1.165, 1.54) is 36.1 Å². The number of aliphatic carboxylic acids is 1. The van der Waals surface area contributed by atoms with E-state index < -0.39 is 127 Å². The van der Waals surface area contributed by atoms with Gasteiger partial charge in [-0.15, -0.1) is 0 Å². The van der Waals surface area contributed by atoms with Crippen molar-refractivity contribution in [2.24, 2.45) is 11.5 Å². The number of aliphatic hydroxyl groups is 2. The van der Waals surface area contributed by atoms with Crippen molar-refractivity contribution in [3.05, 3.63) is 138 Å². The fourth-order valence-electron chi connectivity index (χ4n) is 8.67. The Hall–Kier alpha value is -8.74. The zero-order valence-corrected chi connectivity index (χ0v) is 43.4.